The number of rotatable bonds is 2. The molecule has 7 aromatic carbocycles. The summed E-state index contributed by atoms with van der Waals surface area (Å²) in [5.74, 6) is 1.13. The molecule has 10 rings (SSSR count). The molecule has 9 aromatic rings. The van der Waals surface area contributed by atoms with Crippen LogP contribution in [0.25, 0.3) is 66.0 Å². The standard InChI is InChI=1S/C42H27N3/c1-2-13-29(14-3-1)43-37-19-9-8-18-34(37)35-26-30(23-25-40(35)43)44-38-20-10-6-16-32(38)33-17-7-11-21-39(33)45-41-24-22-28-12-4-5-15-31(28)36(41)27-42(44)45/h1-27H. The molecule has 0 saturated heterocycles. The van der Waals surface area contributed by atoms with Crippen LogP contribution in [-0.2, 0) is 0 Å². The molecule has 45 heavy (non-hydrogen) atoms. The van der Waals surface area contributed by atoms with Crippen molar-refractivity contribution in [1.82, 2.24) is 9.13 Å². The van der Waals surface area contributed by atoms with Crippen molar-refractivity contribution < 1.29 is 0 Å². The molecule has 0 unspecified atom stereocenters. The summed E-state index contributed by atoms with van der Waals surface area (Å²) in [6.07, 6.45) is 0. The number of fused-ring (bicyclic) bond motifs is 12. The Kier molecular flexibility index (Phi) is 5.00. The van der Waals surface area contributed by atoms with Crippen LogP contribution in [-0.4, -0.2) is 9.13 Å². The Morgan fingerprint density at radius 2 is 0.933 bits per heavy atom. The lowest BCUT2D eigenvalue weighted by atomic mass is 10.0. The van der Waals surface area contributed by atoms with Gasteiger partial charge in [0.25, 0.3) is 0 Å². The first-order valence-corrected chi connectivity index (χ1v) is 15.5. The zero-order chi connectivity index (χ0) is 29.5. The quantitative estimate of drug-likeness (QED) is 0.200. The highest BCUT2D eigenvalue weighted by Gasteiger charge is 2.28. The minimum absolute atomic E-state index is 1.13. The lowest BCUT2D eigenvalue weighted by molar-refractivity contribution is 1.09. The maximum atomic E-state index is 2.46. The average molecular weight is 574 g/mol. The molecule has 210 valence electrons. The fourth-order valence-electron chi connectivity index (χ4n) is 7.51. The van der Waals surface area contributed by atoms with Gasteiger partial charge in [0, 0.05) is 38.7 Å². The third kappa shape index (κ3) is 3.41. The molecule has 3 heterocycles. The van der Waals surface area contributed by atoms with Crippen LogP contribution in [0.5, 0.6) is 0 Å². The van der Waals surface area contributed by atoms with Crippen molar-refractivity contribution in [3.05, 3.63) is 164 Å². The van der Waals surface area contributed by atoms with Gasteiger partial charge in [0.05, 0.1) is 27.9 Å². The number of hydrogen-bond acceptors (Lipinski definition) is 1. The third-order valence-corrected chi connectivity index (χ3v) is 9.43. The van der Waals surface area contributed by atoms with Crippen molar-refractivity contribution in [2.75, 3.05) is 4.90 Å². The fourth-order valence-corrected chi connectivity index (χ4v) is 7.51. The molecule has 0 radical (unpaired) electrons. The van der Waals surface area contributed by atoms with E-state index in [1.54, 1.807) is 0 Å². The Balaban J connectivity index is 1.32. The Bertz CT molecular complexity index is 2600. The summed E-state index contributed by atoms with van der Waals surface area (Å²) in [7, 11) is 0. The van der Waals surface area contributed by atoms with Gasteiger partial charge in [-0.2, -0.15) is 0 Å². The Morgan fingerprint density at radius 1 is 0.333 bits per heavy atom. The van der Waals surface area contributed by atoms with E-state index in [2.05, 4.69) is 178 Å². The molecule has 0 fully saturated rings. The maximum Gasteiger partial charge on any atom is 0.123 e. The van der Waals surface area contributed by atoms with Gasteiger partial charge >= 0.3 is 0 Å². The van der Waals surface area contributed by atoms with Gasteiger partial charge in [-0.1, -0.05) is 103 Å². The Morgan fingerprint density at radius 3 is 1.80 bits per heavy atom. The summed E-state index contributed by atoms with van der Waals surface area (Å²) in [5, 5.41) is 6.25. The first-order valence-electron chi connectivity index (χ1n) is 15.5. The number of nitrogens with zero attached hydrogens (tertiary/aromatic N) is 3. The Hall–Kier alpha value is -6.06. The van der Waals surface area contributed by atoms with Crippen molar-refractivity contribution in [3.63, 3.8) is 0 Å². The predicted octanol–water partition coefficient (Wildman–Crippen LogP) is 11.3. The number of para-hydroxylation sites is 4. The molecule has 0 saturated carbocycles. The second-order valence-electron chi connectivity index (χ2n) is 11.8. The largest absolute Gasteiger partial charge is 0.309 e. The third-order valence-electron chi connectivity index (χ3n) is 9.43. The van der Waals surface area contributed by atoms with Crippen LogP contribution >= 0.6 is 0 Å². The molecule has 3 heteroatoms. The molecule has 3 nitrogen and oxygen atoms in total. The monoisotopic (exact) mass is 573 g/mol. The zero-order valence-corrected chi connectivity index (χ0v) is 24.4. The Labute approximate surface area is 260 Å². The molecule has 0 spiro atoms. The molecule has 0 bridgehead atoms. The van der Waals surface area contributed by atoms with E-state index in [1.807, 2.05) is 0 Å². The van der Waals surface area contributed by atoms with Crippen LogP contribution in [0, 0.1) is 0 Å². The summed E-state index contributed by atoms with van der Waals surface area (Å²) in [5.41, 5.74) is 10.7. The fraction of sp³-hybridized carbons (Fsp3) is 0. The molecule has 1 aliphatic heterocycles. The van der Waals surface area contributed by atoms with Crippen LogP contribution in [0.3, 0.4) is 0 Å². The van der Waals surface area contributed by atoms with Gasteiger partial charge in [0.15, 0.2) is 0 Å². The average Bonchev–Trinajstić information content (AvgIpc) is 3.62. The molecule has 0 aliphatic carbocycles. The first kappa shape index (κ1) is 24.4. The summed E-state index contributed by atoms with van der Waals surface area (Å²) in [6, 6.07) is 59.6. The van der Waals surface area contributed by atoms with Crippen molar-refractivity contribution in [3.8, 4) is 22.5 Å². The van der Waals surface area contributed by atoms with Crippen LogP contribution in [0.15, 0.2) is 164 Å². The number of aromatic nitrogens is 2. The van der Waals surface area contributed by atoms with Gasteiger partial charge in [-0.25, -0.2) is 0 Å². The number of hydrogen-bond donors (Lipinski definition) is 0. The summed E-state index contributed by atoms with van der Waals surface area (Å²) >= 11 is 0. The van der Waals surface area contributed by atoms with Crippen molar-refractivity contribution in [2.45, 2.75) is 0 Å². The normalized spacial score (nSPS) is 12.4. The van der Waals surface area contributed by atoms with Crippen molar-refractivity contribution in [1.29, 1.82) is 0 Å². The maximum absolute atomic E-state index is 2.46. The molecule has 0 amide bonds. The summed E-state index contributed by atoms with van der Waals surface area (Å²) in [4.78, 5) is 2.46. The van der Waals surface area contributed by atoms with E-state index in [9.17, 15) is 0 Å². The van der Waals surface area contributed by atoms with Gasteiger partial charge in [-0.3, -0.25) is 9.47 Å². The second-order valence-corrected chi connectivity index (χ2v) is 11.8. The summed E-state index contributed by atoms with van der Waals surface area (Å²) in [6.45, 7) is 0. The highest BCUT2D eigenvalue weighted by molar-refractivity contribution is 6.13. The summed E-state index contributed by atoms with van der Waals surface area (Å²) < 4.78 is 4.83. The van der Waals surface area contributed by atoms with Crippen LogP contribution in [0.1, 0.15) is 0 Å². The SMILES string of the molecule is c1ccc(-n2c3ccccc3c3cc(N4c5ccccc5-c5ccccc5-n5c4cc4c6ccccc6ccc45)ccc32)cc1. The van der Waals surface area contributed by atoms with E-state index in [4.69, 9.17) is 0 Å². The topological polar surface area (TPSA) is 13.1 Å². The van der Waals surface area contributed by atoms with Gasteiger partial charge in [0.2, 0.25) is 0 Å². The zero-order valence-electron chi connectivity index (χ0n) is 24.4. The van der Waals surface area contributed by atoms with Gasteiger partial charge in [-0.05, 0) is 71.4 Å². The highest BCUT2D eigenvalue weighted by Crippen LogP contribution is 2.50. The van der Waals surface area contributed by atoms with Crippen molar-refractivity contribution in [2.24, 2.45) is 0 Å². The van der Waals surface area contributed by atoms with E-state index in [1.165, 1.54) is 71.7 Å². The molecule has 0 atom stereocenters. The highest BCUT2D eigenvalue weighted by atomic mass is 15.3. The minimum Gasteiger partial charge on any atom is -0.309 e. The van der Waals surface area contributed by atoms with Gasteiger partial charge in [0.1, 0.15) is 5.82 Å². The molecule has 2 aromatic heterocycles. The molecular weight excluding hydrogens is 546 g/mol. The van der Waals surface area contributed by atoms with Crippen LogP contribution in [0.2, 0.25) is 0 Å². The van der Waals surface area contributed by atoms with E-state index < -0.39 is 0 Å². The van der Waals surface area contributed by atoms with E-state index in [0.717, 1.165) is 11.5 Å². The van der Waals surface area contributed by atoms with Gasteiger partial charge in [-0.15, -0.1) is 0 Å². The molecule has 0 N–H and O–H groups in total. The predicted molar refractivity (Wildman–Crippen MR) is 189 cm³/mol. The minimum atomic E-state index is 1.13. The van der Waals surface area contributed by atoms with Crippen molar-refractivity contribution >= 4 is 60.7 Å². The second kappa shape index (κ2) is 9.22. The molecule has 1 aliphatic rings. The van der Waals surface area contributed by atoms with Gasteiger partial charge < -0.3 is 4.57 Å². The first-order chi connectivity index (χ1) is 22.3. The lowest BCUT2D eigenvalue weighted by Crippen LogP contribution is -2.12. The van der Waals surface area contributed by atoms with E-state index in [0.29, 0.717) is 0 Å². The smallest absolute Gasteiger partial charge is 0.123 e. The van der Waals surface area contributed by atoms with Crippen LogP contribution in [0.4, 0.5) is 17.2 Å². The van der Waals surface area contributed by atoms with E-state index >= 15 is 0 Å². The molecular formula is C42H27N3. The number of anilines is 3. The number of benzene rings is 7. The van der Waals surface area contributed by atoms with E-state index in [-0.39, 0.29) is 0 Å². The lowest BCUT2D eigenvalue weighted by Gasteiger charge is -2.26. The van der Waals surface area contributed by atoms with Crippen LogP contribution < -0.4 is 4.90 Å².